The number of morpholine rings is 2. The fourth-order valence-corrected chi connectivity index (χ4v) is 3.08. The third kappa shape index (κ3) is 4.97. The number of hydrogen-bond donors (Lipinski definition) is 1. The van der Waals surface area contributed by atoms with E-state index in [1.54, 1.807) is 0 Å². The summed E-state index contributed by atoms with van der Waals surface area (Å²) in [5.41, 5.74) is 5.95. The molecule has 2 rings (SSSR count). The molecule has 20 heavy (non-hydrogen) atoms. The lowest BCUT2D eigenvalue weighted by Gasteiger charge is -2.39. The van der Waals surface area contributed by atoms with E-state index in [1.807, 2.05) is 6.92 Å². The second-order valence-electron chi connectivity index (χ2n) is 6.67. The summed E-state index contributed by atoms with van der Waals surface area (Å²) in [4.78, 5) is 4.98. The number of ether oxygens (including phenoxy) is 2. The average Bonchev–Trinajstić information content (AvgIpc) is 2.38. The van der Waals surface area contributed by atoms with Crippen LogP contribution in [0.3, 0.4) is 0 Å². The quantitative estimate of drug-likeness (QED) is 0.792. The van der Waals surface area contributed by atoms with Gasteiger partial charge in [-0.1, -0.05) is 13.8 Å². The van der Waals surface area contributed by atoms with Crippen LogP contribution in [-0.2, 0) is 9.47 Å². The van der Waals surface area contributed by atoms with Gasteiger partial charge in [-0.25, -0.2) is 0 Å². The van der Waals surface area contributed by atoms with Crippen LogP contribution in [0.5, 0.6) is 0 Å². The van der Waals surface area contributed by atoms with Crippen molar-refractivity contribution in [2.75, 3.05) is 52.5 Å². The van der Waals surface area contributed by atoms with Crippen LogP contribution in [-0.4, -0.2) is 80.5 Å². The van der Waals surface area contributed by atoms with Crippen LogP contribution < -0.4 is 5.73 Å². The Morgan fingerprint density at radius 3 is 2.45 bits per heavy atom. The van der Waals surface area contributed by atoms with Crippen LogP contribution in [0.2, 0.25) is 0 Å². The number of rotatable bonds is 5. The molecular formula is C15H31N3O2. The van der Waals surface area contributed by atoms with E-state index in [1.165, 1.54) is 6.54 Å². The molecule has 118 valence electrons. The Labute approximate surface area is 123 Å². The molecule has 2 saturated heterocycles. The molecule has 2 aliphatic heterocycles. The molecule has 0 radical (unpaired) electrons. The third-order valence-corrected chi connectivity index (χ3v) is 4.07. The van der Waals surface area contributed by atoms with Crippen molar-refractivity contribution < 1.29 is 9.47 Å². The molecule has 2 N–H and O–H groups in total. The van der Waals surface area contributed by atoms with Crippen LogP contribution in [0.25, 0.3) is 0 Å². The Morgan fingerprint density at radius 2 is 1.75 bits per heavy atom. The van der Waals surface area contributed by atoms with Gasteiger partial charge in [0.2, 0.25) is 0 Å². The minimum Gasteiger partial charge on any atom is -0.374 e. The fourth-order valence-electron chi connectivity index (χ4n) is 3.08. The van der Waals surface area contributed by atoms with Crippen LogP contribution in [0.15, 0.2) is 0 Å². The molecule has 2 heterocycles. The molecule has 0 amide bonds. The Bertz CT molecular complexity index is 286. The molecule has 0 spiro atoms. The van der Waals surface area contributed by atoms with Gasteiger partial charge >= 0.3 is 0 Å². The molecule has 0 aliphatic carbocycles. The molecule has 0 bridgehead atoms. The molecule has 2 aliphatic rings. The summed E-state index contributed by atoms with van der Waals surface area (Å²) in [7, 11) is 0. The third-order valence-electron chi connectivity index (χ3n) is 4.07. The van der Waals surface area contributed by atoms with Gasteiger partial charge < -0.3 is 15.2 Å². The molecule has 0 aromatic carbocycles. The Balaban J connectivity index is 1.77. The van der Waals surface area contributed by atoms with Crippen molar-refractivity contribution in [2.24, 2.45) is 11.7 Å². The number of hydrogen-bond acceptors (Lipinski definition) is 5. The van der Waals surface area contributed by atoms with Crippen LogP contribution in [0, 0.1) is 5.92 Å². The molecule has 3 atom stereocenters. The van der Waals surface area contributed by atoms with E-state index in [9.17, 15) is 0 Å². The second-order valence-corrected chi connectivity index (χ2v) is 6.67. The zero-order valence-corrected chi connectivity index (χ0v) is 13.3. The number of nitrogens with two attached hydrogens (primary N) is 1. The van der Waals surface area contributed by atoms with Gasteiger partial charge in [-0.15, -0.1) is 0 Å². The van der Waals surface area contributed by atoms with Gasteiger partial charge in [-0.05, 0) is 12.8 Å². The molecule has 0 saturated carbocycles. The van der Waals surface area contributed by atoms with Crippen molar-refractivity contribution >= 4 is 0 Å². The summed E-state index contributed by atoms with van der Waals surface area (Å²) in [6.45, 7) is 14.4. The normalized spacial score (nSPS) is 31.6. The van der Waals surface area contributed by atoms with Gasteiger partial charge in [0.05, 0.1) is 25.4 Å². The van der Waals surface area contributed by atoms with Crippen molar-refractivity contribution in [3.63, 3.8) is 0 Å². The minimum atomic E-state index is 0.0995. The SMILES string of the molecule is CC(C)CN1CCOC(CN2CCOC(C(C)N)C2)C1. The van der Waals surface area contributed by atoms with Gasteiger partial charge in [0.1, 0.15) is 0 Å². The Kier molecular flexibility index (Phi) is 6.23. The minimum absolute atomic E-state index is 0.0995. The molecule has 0 aromatic rings. The maximum Gasteiger partial charge on any atom is 0.0850 e. The molecule has 0 aromatic heterocycles. The van der Waals surface area contributed by atoms with Crippen LogP contribution in [0.4, 0.5) is 0 Å². The molecule has 2 fully saturated rings. The lowest BCUT2D eigenvalue weighted by atomic mass is 10.1. The monoisotopic (exact) mass is 285 g/mol. The van der Waals surface area contributed by atoms with Gasteiger partial charge in [0.15, 0.2) is 0 Å². The lowest BCUT2D eigenvalue weighted by Crippen LogP contribution is -2.54. The summed E-state index contributed by atoms with van der Waals surface area (Å²) in [6, 6.07) is 0.0995. The molecule has 5 nitrogen and oxygen atoms in total. The van der Waals surface area contributed by atoms with E-state index in [2.05, 4.69) is 23.6 Å². The first-order chi connectivity index (χ1) is 9.54. The van der Waals surface area contributed by atoms with Crippen molar-refractivity contribution in [1.29, 1.82) is 0 Å². The smallest absolute Gasteiger partial charge is 0.0850 e. The van der Waals surface area contributed by atoms with Crippen molar-refractivity contribution in [3.05, 3.63) is 0 Å². The van der Waals surface area contributed by atoms with E-state index in [4.69, 9.17) is 15.2 Å². The summed E-state index contributed by atoms with van der Waals surface area (Å²) in [5, 5.41) is 0. The summed E-state index contributed by atoms with van der Waals surface area (Å²) in [6.07, 6.45) is 0.494. The highest BCUT2D eigenvalue weighted by Crippen LogP contribution is 2.13. The van der Waals surface area contributed by atoms with Gasteiger partial charge in [0.25, 0.3) is 0 Å². The summed E-state index contributed by atoms with van der Waals surface area (Å²) in [5.74, 6) is 0.722. The predicted octanol–water partition coefficient (Wildman–Crippen LogP) is 0.391. The van der Waals surface area contributed by atoms with E-state index >= 15 is 0 Å². The van der Waals surface area contributed by atoms with Crippen molar-refractivity contribution in [3.8, 4) is 0 Å². The zero-order valence-electron chi connectivity index (χ0n) is 13.3. The lowest BCUT2D eigenvalue weighted by molar-refractivity contribution is -0.0792. The highest BCUT2D eigenvalue weighted by Gasteiger charge is 2.27. The highest BCUT2D eigenvalue weighted by molar-refractivity contribution is 4.81. The van der Waals surface area contributed by atoms with Crippen LogP contribution >= 0.6 is 0 Å². The average molecular weight is 285 g/mol. The largest absolute Gasteiger partial charge is 0.374 e. The fraction of sp³-hybridized carbons (Fsp3) is 1.00. The second kappa shape index (κ2) is 7.71. The standard InChI is InChI=1S/C15H31N3O2/c1-12(2)8-17-4-6-19-14(9-17)10-18-5-7-20-15(11-18)13(3)16/h12-15H,4-11,16H2,1-3H3. The van der Waals surface area contributed by atoms with E-state index in [0.717, 1.165) is 51.9 Å². The summed E-state index contributed by atoms with van der Waals surface area (Å²) < 4.78 is 11.6. The van der Waals surface area contributed by atoms with E-state index in [-0.39, 0.29) is 12.1 Å². The van der Waals surface area contributed by atoms with Crippen LogP contribution in [0.1, 0.15) is 20.8 Å². The predicted molar refractivity (Wildman–Crippen MR) is 80.8 cm³/mol. The molecule has 3 unspecified atom stereocenters. The number of nitrogens with zero attached hydrogens (tertiary/aromatic N) is 2. The molecular weight excluding hydrogens is 254 g/mol. The highest BCUT2D eigenvalue weighted by atomic mass is 16.5. The van der Waals surface area contributed by atoms with Gasteiger partial charge in [-0.3, -0.25) is 9.80 Å². The Hall–Kier alpha value is -0.200. The van der Waals surface area contributed by atoms with E-state index in [0.29, 0.717) is 6.10 Å². The topological polar surface area (TPSA) is 51.0 Å². The first-order valence-electron chi connectivity index (χ1n) is 7.98. The van der Waals surface area contributed by atoms with Crippen molar-refractivity contribution in [1.82, 2.24) is 9.80 Å². The van der Waals surface area contributed by atoms with Crippen molar-refractivity contribution in [2.45, 2.75) is 39.0 Å². The maximum absolute atomic E-state index is 5.95. The first kappa shape index (κ1) is 16.2. The zero-order chi connectivity index (χ0) is 14.5. The van der Waals surface area contributed by atoms with Gasteiger partial charge in [-0.2, -0.15) is 0 Å². The molecule has 5 heteroatoms. The summed E-state index contributed by atoms with van der Waals surface area (Å²) >= 11 is 0. The Morgan fingerprint density at radius 1 is 1.05 bits per heavy atom. The first-order valence-corrected chi connectivity index (χ1v) is 7.98. The maximum atomic E-state index is 5.95. The van der Waals surface area contributed by atoms with E-state index < -0.39 is 0 Å². The van der Waals surface area contributed by atoms with Gasteiger partial charge in [0, 0.05) is 45.3 Å².